The van der Waals surface area contributed by atoms with E-state index in [2.05, 4.69) is 42.7 Å². The summed E-state index contributed by atoms with van der Waals surface area (Å²) in [5.74, 6) is -1.21. The molecule has 63 heavy (non-hydrogen) atoms. The number of phosphoric acid groups is 2. The first kappa shape index (κ1) is 59.5. The molecule has 1 rings (SSSR count). The van der Waals surface area contributed by atoms with Gasteiger partial charge in [0.25, 0.3) is 0 Å². The number of esters is 2. The number of rotatable bonds is 40. The van der Waals surface area contributed by atoms with Crippen molar-refractivity contribution in [3.8, 4) is 0 Å². The van der Waals surface area contributed by atoms with Crippen molar-refractivity contribution in [3.63, 3.8) is 0 Å². The van der Waals surface area contributed by atoms with Gasteiger partial charge in [0, 0.05) is 12.8 Å². The second-order valence-corrected chi connectivity index (χ2v) is 19.4. The molecule has 0 saturated heterocycles. The van der Waals surface area contributed by atoms with E-state index in [-0.39, 0.29) is 12.8 Å². The van der Waals surface area contributed by atoms with Crippen molar-refractivity contribution in [1.29, 1.82) is 0 Å². The third-order valence-electron chi connectivity index (χ3n) is 11.0. The number of aliphatic hydroxyl groups is 4. The van der Waals surface area contributed by atoms with Crippen LogP contribution in [0.5, 0.6) is 0 Å². The lowest BCUT2D eigenvalue weighted by molar-refractivity contribution is -0.216. The molecule has 370 valence electrons. The minimum Gasteiger partial charge on any atom is -0.462 e. The van der Waals surface area contributed by atoms with Gasteiger partial charge in [0.1, 0.15) is 43.2 Å². The topological polar surface area (TPSA) is 256 Å². The Morgan fingerprint density at radius 1 is 0.508 bits per heavy atom. The van der Waals surface area contributed by atoms with Crippen molar-refractivity contribution in [2.75, 3.05) is 13.2 Å². The number of aliphatic hydroxyl groups excluding tert-OH is 4. The van der Waals surface area contributed by atoms with E-state index in [1.165, 1.54) is 83.5 Å². The molecule has 0 aromatic rings. The molecule has 1 fully saturated rings. The molecule has 8 unspecified atom stereocenters. The van der Waals surface area contributed by atoms with Gasteiger partial charge in [-0.3, -0.25) is 23.2 Å². The fourth-order valence-electron chi connectivity index (χ4n) is 7.29. The number of allylic oxidation sites excluding steroid dienone is 4. The van der Waals surface area contributed by atoms with Gasteiger partial charge in [-0.25, -0.2) is 9.13 Å². The van der Waals surface area contributed by atoms with Gasteiger partial charge >= 0.3 is 27.6 Å². The fraction of sp³-hybridized carbons (Fsp3) is 0.867. The molecule has 16 nitrogen and oxygen atoms in total. The lowest BCUT2D eigenvalue weighted by Gasteiger charge is -2.43. The van der Waals surface area contributed by atoms with Gasteiger partial charge in [-0.1, -0.05) is 160 Å². The zero-order valence-corrected chi connectivity index (χ0v) is 40.1. The molecule has 0 aromatic heterocycles. The Labute approximate surface area is 377 Å². The molecule has 0 heterocycles. The molecule has 8 atom stereocenters. The van der Waals surface area contributed by atoms with Crippen LogP contribution in [-0.4, -0.2) is 103 Å². The summed E-state index contributed by atoms with van der Waals surface area (Å²) < 4.78 is 49.4. The fourth-order valence-corrected chi connectivity index (χ4v) is 8.83. The van der Waals surface area contributed by atoms with Crippen molar-refractivity contribution in [2.24, 2.45) is 0 Å². The number of phosphoric ester groups is 2. The highest BCUT2D eigenvalue weighted by Gasteiger charge is 2.54. The number of unbranched alkanes of at least 4 members (excludes halogenated alkanes) is 22. The van der Waals surface area contributed by atoms with Crippen LogP contribution < -0.4 is 0 Å². The summed E-state index contributed by atoms with van der Waals surface area (Å²) in [5.41, 5.74) is 0. The average molecular weight is 943 g/mol. The van der Waals surface area contributed by atoms with Gasteiger partial charge in [0.05, 0.1) is 6.61 Å². The van der Waals surface area contributed by atoms with Gasteiger partial charge in [-0.15, -0.1) is 0 Å². The van der Waals surface area contributed by atoms with Crippen LogP contribution in [0.3, 0.4) is 0 Å². The lowest BCUT2D eigenvalue weighted by Crippen LogP contribution is -2.64. The first-order chi connectivity index (χ1) is 30.1. The van der Waals surface area contributed by atoms with E-state index in [1.807, 2.05) is 0 Å². The van der Waals surface area contributed by atoms with E-state index in [1.54, 1.807) is 0 Å². The SMILES string of the molecule is CCCCCC=CCC=CCCCCCCCC(=O)OCC(COP(=O)(O)OC1C(O)C(O)C(O)C(OP(=O)(O)O)C1O)OC(=O)CCCCCCCCCCCCCCCCC. The Kier molecular flexibility index (Phi) is 34.5. The highest BCUT2D eigenvalue weighted by molar-refractivity contribution is 7.47. The highest BCUT2D eigenvalue weighted by atomic mass is 31.2. The zero-order chi connectivity index (χ0) is 46.8. The lowest BCUT2D eigenvalue weighted by atomic mass is 9.85. The Morgan fingerprint density at radius 2 is 0.921 bits per heavy atom. The Morgan fingerprint density at radius 3 is 1.41 bits per heavy atom. The van der Waals surface area contributed by atoms with E-state index in [0.29, 0.717) is 12.8 Å². The molecule has 7 N–H and O–H groups in total. The number of hydrogen-bond acceptors (Lipinski definition) is 13. The van der Waals surface area contributed by atoms with Crippen LogP contribution in [0.15, 0.2) is 24.3 Å². The van der Waals surface area contributed by atoms with Gasteiger partial charge in [0.15, 0.2) is 6.10 Å². The van der Waals surface area contributed by atoms with E-state index in [0.717, 1.165) is 70.6 Å². The van der Waals surface area contributed by atoms with E-state index in [4.69, 9.17) is 28.3 Å². The number of carbonyl (C=O) groups excluding carboxylic acids is 2. The third kappa shape index (κ3) is 31.2. The van der Waals surface area contributed by atoms with Crippen LogP contribution in [0, 0.1) is 0 Å². The number of hydrogen-bond donors (Lipinski definition) is 7. The molecule has 0 bridgehead atoms. The highest BCUT2D eigenvalue weighted by Crippen LogP contribution is 2.49. The average Bonchev–Trinajstić information content (AvgIpc) is 3.23. The van der Waals surface area contributed by atoms with Crippen molar-refractivity contribution in [1.82, 2.24) is 0 Å². The summed E-state index contributed by atoms with van der Waals surface area (Å²) in [5, 5.41) is 41.2. The molecule has 0 aromatic carbocycles. The molecule has 1 aliphatic rings. The van der Waals surface area contributed by atoms with Crippen LogP contribution in [0.1, 0.15) is 194 Å². The summed E-state index contributed by atoms with van der Waals surface area (Å²) in [6, 6.07) is 0. The third-order valence-corrected chi connectivity index (χ3v) is 12.5. The van der Waals surface area contributed by atoms with Crippen LogP contribution in [0.4, 0.5) is 0 Å². The smallest absolute Gasteiger partial charge is 0.462 e. The zero-order valence-electron chi connectivity index (χ0n) is 38.3. The van der Waals surface area contributed by atoms with E-state index >= 15 is 0 Å². The minimum atomic E-state index is -5.36. The van der Waals surface area contributed by atoms with Crippen LogP contribution >= 0.6 is 15.6 Å². The predicted octanol–water partition coefficient (Wildman–Crippen LogP) is 8.95. The monoisotopic (exact) mass is 943 g/mol. The predicted molar refractivity (Wildman–Crippen MR) is 241 cm³/mol. The first-order valence-corrected chi connectivity index (χ1v) is 26.9. The molecule has 1 aliphatic carbocycles. The molecule has 18 heteroatoms. The molecular weight excluding hydrogens is 858 g/mol. The number of carbonyl (C=O) groups is 2. The van der Waals surface area contributed by atoms with Gasteiger partial charge in [-0.2, -0.15) is 0 Å². The normalized spacial score (nSPS) is 22.1. The van der Waals surface area contributed by atoms with Crippen molar-refractivity contribution in [2.45, 2.75) is 236 Å². The van der Waals surface area contributed by atoms with Crippen molar-refractivity contribution >= 4 is 27.6 Å². The molecule has 0 aliphatic heterocycles. The molecule has 1 saturated carbocycles. The maximum atomic E-state index is 13.0. The molecule has 0 amide bonds. The second kappa shape index (κ2) is 36.6. The first-order valence-electron chi connectivity index (χ1n) is 23.9. The Bertz CT molecular complexity index is 1330. The Hall–Kier alpha value is -1.52. The van der Waals surface area contributed by atoms with E-state index < -0.39 is 83.5 Å². The summed E-state index contributed by atoms with van der Waals surface area (Å²) >= 11 is 0. The van der Waals surface area contributed by atoms with Crippen LogP contribution in [-0.2, 0) is 41.8 Å². The summed E-state index contributed by atoms with van der Waals surface area (Å²) in [7, 11) is -10.7. The Balaban J connectivity index is 2.59. The van der Waals surface area contributed by atoms with Crippen molar-refractivity contribution in [3.05, 3.63) is 24.3 Å². The molecule has 0 spiro atoms. The van der Waals surface area contributed by atoms with Gasteiger partial charge in [-0.05, 0) is 44.9 Å². The van der Waals surface area contributed by atoms with Crippen LogP contribution in [0.2, 0.25) is 0 Å². The molecule has 0 radical (unpaired) electrons. The maximum Gasteiger partial charge on any atom is 0.472 e. The molecular formula is C45H84O16P2. The minimum absolute atomic E-state index is 0.0452. The maximum absolute atomic E-state index is 13.0. The van der Waals surface area contributed by atoms with Gasteiger partial charge in [0.2, 0.25) is 0 Å². The summed E-state index contributed by atoms with van der Waals surface area (Å²) in [6.07, 6.45) is 22.7. The quantitative estimate of drug-likeness (QED) is 0.0131. The van der Waals surface area contributed by atoms with Crippen molar-refractivity contribution < 1.29 is 76.9 Å². The van der Waals surface area contributed by atoms with Gasteiger partial charge < -0.3 is 44.6 Å². The van der Waals surface area contributed by atoms with Crippen LogP contribution in [0.25, 0.3) is 0 Å². The second-order valence-electron chi connectivity index (χ2n) is 16.8. The standard InChI is InChI=1S/C45H84O16P2/c1-3-5-7-9-11-13-15-17-19-21-23-25-27-29-31-33-38(46)57-35-37(59-39(47)34-32-30-28-26-24-22-20-18-16-14-12-10-8-6-4-2)36-58-63(55,56)61-45-42(50)40(48)41(49)44(43(45)51)60-62(52,53)54/h11,13,17,19,37,40-45,48-51H,3-10,12,14-16,18,20-36H2,1-2H3,(H,55,56)(H2,52,53,54). The number of ether oxygens (including phenoxy) is 2. The van der Waals surface area contributed by atoms with E-state index in [9.17, 15) is 44.0 Å². The summed E-state index contributed by atoms with van der Waals surface area (Å²) in [6.45, 7) is 3.08. The summed E-state index contributed by atoms with van der Waals surface area (Å²) in [4.78, 5) is 54.2. The largest absolute Gasteiger partial charge is 0.472 e.